The van der Waals surface area contributed by atoms with Gasteiger partial charge in [0.25, 0.3) is 5.88 Å². The van der Waals surface area contributed by atoms with Gasteiger partial charge in [-0.05, 0) is 0 Å². The fraction of sp³-hybridized carbons (Fsp3) is 0.500. The van der Waals surface area contributed by atoms with Crippen LogP contribution in [0.25, 0.3) is 0 Å². The number of aliphatic hydroxyl groups excluding tert-OH is 3. The smallest absolute Gasteiger partial charge is 0.261 e. The van der Waals surface area contributed by atoms with Crippen LogP contribution in [0.2, 0.25) is 0 Å². The average Bonchev–Trinajstić information content (AvgIpc) is 2.35. The van der Waals surface area contributed by atoms with Gasteiger partial charge in [-0.25, -0.2) is 0 Å². The van der Waals surface area contributed by atoms with Crippen molar-refractivity contribution in [2.24, 2.45) is 11.5 Å². The maximum atomic E-state index is 9.70. The number of nitrogens with two attached hydrogens (primary N) is 2. The molecule has 1 aliphatic rings. The topological polar surface area (TPSA) is 163 Å². The molecular weight excluding hydrogens is 246 g/mol. The van der Waals surface area contributed by atoms with Gasteiger partial charge in [0.15, 0.2) is 5.82 Å². The Labute approximate surface area is 103 Å². The van der Waals surface area contributed by atoms with E-state index >= 15 is 0 Å². The molecule has 0 saturated carbocycles. The Balaban J connectivity index is 3.17. The van der Waals surface area contributed by atoms with Gasteiger partial charge >= 0.3 is 0 Å². The lowest BCUT2D eigenvalue weighted by Crippen LogP contribution is -2.48. The minimum Gasteiger partial charge on any atom is -0.490 e. The van der Waals surface area contributed by atoms with E-state index in [-0.39, 0.29) is 48.0 Å². The largest absolute Gasteiger partial charge is 0.490 e. The Bertz CT molecular complexity index is 365. The minimum absolute atomic E-state index is 0.0111. The third kappa shape index (κ3) is 2.36. The molecule has 0 bridgehead atoms. The number of nitrogens with zero attached hydrogens (tertiary/aromatic N) is 3. The fourth-order valence-corrected chi connectivity index (χ4v) is 1.52. The van der Waals surface area contributed by atoms with Gasteiger partial charge in [-0.2, -0.15) is 0 Å². The van der Waals surface area contributed by atoms with Crippen molar-refractivity contribution in [3.8, 4) is 0 Å². The van der Waals surface area contributed by atoms with Crippen molar-refractivity contribution in [3.63, 3.8) is 0 Å². The van der Waals surface area contributed by atoms with Crippen LogP contribution in [0.3, 0.4) is 0 Å². The molecule has 1 rings (SSSR count). The molecule has 9 N–H and O–H groups in total. The van der Waals surface area contributed by atoms with Crippen molar-refractivity contribution in [3.05, 3.63) is 23.1 Å². The van der Waals surface area contributed by atoms with Gasteiger partial charge in [-0.15, -0.1) is 5.17 Å². The van der Waals surface area contributed by atoms with Crippen LogP contribution < -0.4 is 11.5 Å². The van der Waals surface area contributed by atoms with Crippen molar-refractivity contribution >= 4 is 0 Å². The molecule has 0 unspecified atom stereocenters. The van der Waals surface area contributed by atoms with Crippen LogP contribution in [0.5, 0.6) is 0 Å². The second-order valence-electron chi connectivity index (χ2n) is 3.48. The third-order valence-corrected chi connectivity index (χ3v) is 2.38. The average molecular weight is 263 g/mol. The summed E-state index contributed by atoms with van der Waals surface area (Å²) in [5, 5.41) is 46.2. The maximum absolute atomic E-state index is 9.70. The predicted octanol–water partition coefficient (Wildman–Crippen LogP) is -2.60. The Morgan fingerprint density at radius 3 is 1.94 bits per heavy atom. The fourth-order valence-electron chi connectivity index (χ4n) is 1.52. The normalized spacial score (nSPS) is 16.7. The first-order valence-electron chi connectivity index (χ1n) is 5.09. The van der Waals surface area contributed by atoms with E-state index in [1.165, 1.54) is 4.90 Å². The quantitative estimate of drug-likeness (QED) is 0.280. The van der Waals surface area contributed by atoms with E-state index < -0.39 is 11.7 Å². The first-order valence-corrected chi connectivity index (χ1v) is 5.09. The van der Waals surface area contributed by atoms with Gasteiger partial charge in [0.2, 0.25) is 0 Å². The number of hydroxylamine groups is 2. The van der Waals surface area contributed by atoms with E-state index in [9.17, 15) is 15.5 Å². The monoisotopic (exact) mass is 263 g/mol. The van der Waals surface area contributed by atoms with Gasteiger partial charge in [-0.3, -0.25) is 10.4 Å². The zero-order valence-electron chi connectivity index (χ0n) is 9.56. The number of rotatable bonds is 5. The molecular formula is C8H17N5O5. The molecule has 0 fully saturated rings. The molecule has 0 aromatic heterocycles. The molecule has 0 spiro atoms. The summed E-state index contributed by atoms with van der Waals surface area (Å²) in [4.78, 5) is 1.31. The molecule has 0 atom stereocenters. The lowest BCUT2D eigenvalue weighted by Gasteiger charge is -2.36. The van der Waals surface area contributed by atoms with E-state index in [1.807, 2.05) is 0 Å². The van der Waals surface area contributed by atoms with E-state index in [4.69, 9.17) is 21.7 Å². The molecule has 18 heavy (non-hydrogen) atoms. The van der Waals surface area contributed by atoms with E-state index in [0.717, 1.165) is 0 Å². The van der Waals surface area contributed by atoms with Crippen LogP contribution in [0.1, 0.15) is 0 Å². The minimum atomic E-state index is -0.772. The summed E-state index contributed by atoms with van der Waals surface area (Å²) < 4.78 is 0. The second kappa shape index (κ2) is 5.64. The molecule has 0 aromatic rings. The summed E-state index contributed by atoms with van der Waals surface area (Å²) in [6.07, 6.45) is 0. The van der Waals surface area contributed by atoms with Crippen LogP contribution in [0.4, 0.5) is 0 Å². The number of aliphatic hydroxyl groups is 3. The molecule has 0 aliphatic carbocycles. The first-order chi connectivity index (χ1) is 8.45. The van der Waals surface area contributed by atoms with Gasteiger partial charge in [0, 0.05) is 13.1 Å². The molecule has 0 saturated heterocycles. The first kappa shape index (κ1) is 14.2. The van der Waals surface area contributed by atoms with Gasteiger partial charge in [0.05, 0.1) is 13.2 Å². The van der Waals surface area contributed by atoms with Gasteiger partial charge in [0.1, 0.15) is 11.4 Å². The van der Waals surface area contributed by atoms with Crippen LogP contribution >= 0.6 is 0 Å². The maximum Gasteiger partial charge on any atom is 0.261 e. The van der Waals surface area contributed by atoms with Crippen LogP contribution in [-0.2, 0) is 0 Å². The summed E-state index contributed by atoms with van der Waals surface area (Å²) >= 11 is 0. The highest BCUT2D eigenvalue weighted by molar-refractivity contribution is 5.33. The summed E-state index contributed by atoms with van der Waals surface area (Å²) in [5.74, 6) is -1.17. The van der Waals surface area contributed by atoms with E-state index in [2.05, 4.69) is 0 Å². The number of hydrogen-bond acceptors (Lipinski definition) is 10. The molecule has 104 valence electrons. The highest BCUT2D eigenvalue weighted by atomic mass is 16.7. The lowest BCUT2D eigenvalue weighted by atomic mass is 10.2. The van der Waals surface area contributed by atoms with E-state index in [0.29, 0.717) is 0 Å². The van der Waals surface area contributed by atoms with E-state index in [1.54, 1.807) is 0 Å². The standard InChI is InChI=1S/C8H17N5O5/c9-5-6(11(1-3-14)2-4-15)8(16)13(18)12(17)7(5)10/h14-18H,1-4,9-10H2. The number of hydrazine groups is 1. The van der Waals surface area contributed by atoms with Crippen LogP contribution in [-0.4, -0.2) is 67.3 Å². The predicted molar refractivity (Wildman–Crippen MR) is 58.1 cm³/mol. The second-order valence-corrected chi connectivity index (χ2v) is 3.48. The molecule has 1 aliphatic heterocycles. The third-order valence-electron chi connectivity index (χ3n) is 2.38. The van der Waals surface area contributed by atoms with Crippen molar-refractivity contribution in [2.75, 3.05) is 26.3 Å². The van der Waals surface area contributed by atoms with Crippen molar-refractivity contribution in [2.45, 2.75) is 0 Å². The molecule has 10 nitrogen and oxygen atoms in total. The van der Waals surface area contributed by atoms with Gasteiger partial charge < -0.3 is 31.7 Å². The molecule has 0 radical (unpaired) electrons. The molecule has 10 heteroatoms. The molecule has 1 heterocycles. The Morgan fingerprint density at radius 1 is 1.00 bits per heavy atom. The van der Waals surface area contributed by atoms with Crippen LogP contribution in [0.15, 0.2) is 23.1 Å². The molecule has 0 aromatic carbocycles. The van der Waals surface area contributed by atoms with Gasteiger partial charge in [-0.1, -0.05) is 5.17 Å². The zero-order valence-corrected chi connectivity index (χ0v) is 9.56. The SMILES string of the molecule is NC1=C(N)N(O)N(O)C(O)=C1N(CCO)CCO. The zero-order chi connectivity index (χ0) is 13.9. The Kier molecular flexibility index (Phi) is 4.44. The van der Waals surface area contributed by atoms with Crippen molar-refractivity contribution < 1.29 is 25.7 Å². The van der Waals surface area contributed by atoms with Crippen molar-refractivity contribution in [1.82, 2.24) is 15.2 Å². The summed E-state index contributed by atoms with van der Waals surface area (Å²) in [5.41, 5.74) is 10.8. The highest BCUT2D eigenvalue weighted by Crippen LogP contribution is 2.24. The number of hydrogen-bond donors (Lipinski definition) is 7. The summed E-state index contributed by atoms with van der Waals surface area (Å²) in [6.45, 7) is -0.434. The Hall–Kier alpha value is -1.88. The Morgan fingerprint density at radius 2 is 1.50 bits per heavy atom. The highest BCUT2D eigenvalue weighted by Gasteiger charge is 2.32. The summed E-state index contributed by atoms with van der Waals surface area (Å²) in [7, 11) is 0. The van der Waals surface area contributed by atoms with Crippen molar-refractivity contribution in [1.29, 1.82) is 0 Å². The molecule has 0 amide bonds. The summed E-state index contributed by atoms with van der Waals surface area (Å²) in [6, 6.07) is 0. The lowest BCUT2D eigenvalue weighted by molar-refractivity contribution is -0.347. The van der Waals surface area contributed by atoms with Crippen LogP contribution in [0, 0.1) is 0 Å².